The van der Waals surface area contributed by atoms with Crippen LogP contribution in [0.4, 0.5) is 0 Å². The molecule has 0 saturated carbocycles. The number of methoxy groups -OCH3 is 3. The van der Waals surface area contributed by atoms with E-state index in [0.29, 0.717) is 34.1 Å². The number of carbonyl (C=O) groups excluding carboxylic acids is 1. The summed E-state index contributed by atoms with van der Waals surface area (Å²) in [6.07, 6.45) is 5.56. The molecular weight excluding hydrogens is 344 g/mol. The van der Waals surface area contributed by atoms with E-state index in [2.05, 4.69) is 10.5 Å². The minimum atomic E-state index is -1.32. The summed E-state index contributed by atoms with van der Waals surface area (Å²) < 4.78 is 28.3. The molecule has 0 bridgehead atoms. The number of amides is 1. The van der Waals surface area contributed by atoms with Gasteiger partial charge in [0.05, 0.1) is 27.0 Å². The summed E-state index contributed by atoms with van der Waals surface area (Å²) in [6.45, 7) is 1.93. The highest BCUT2D eigenvalue weighted by atomic mass is 32.2. The fourth-order valence-corrected chi connectivity index (χ4v) is 3.47. The lowest BCUT2D eigenvalue weighted by atomic mass is 9.99. The summed E-state index contributed by atoms with van der Waals surface area (Å²) >= 11 is -1.32. The van der Waals surface area contributed by atoms with Crippen molar-refractivity contribution >= 4 is 28.9 Å². The van der Waals surface area contributed by atoms with Crippen LogP contribution in [0.1, 0.15) is 18.9 Å². The molecule has 0 radical (unpaired) electrons. The highest BCUT2D eigenvalue weighted by Crippen LogP contribution is 2.44. The quantitative estimate of drug-likeness (QED) is 0.777. The molecule has 0 spiro atoms. The largest absolute Gasteiger partial charge is 0.611 e. The molecule has 2 unspecified atom stereocenters. The number of nitrogens with one attached hydrogen (secondary N) is 1. The second-order valence-electron chi connectivity index (χ2n) is 5.53. The third kappa shape index (κ3) is 4.08. The van der Waals surface area contributed by atoms with Crippen LogP contribution in [0, 0.1) is 5.92 Å². The SMILES string of the molecule is COc1cc(C=CC2=NNC(=O)CC2C)c(OC)c(OC)c1[S+](C)[O-]. The van der Waals surface area contributed by atoms with Crippen LogP contribution in [-0.2, 0) is 16.0 Å². The maximum atomic E-state index is 12.1. The first-order valence-electron chi connectivity index (χ1n) is 7.63. The average molecular weight is 366 g/mol. The summed E-state index contributed by atoms with van der Waals surface area (Å²) in [6, 6.07) is 1.74. The summed E-state index contributed by atoms with van der Waals surface area (Å²) in [5, 5.41) is 4.07. The molecule has 1 aromatic carbocycles. The topological polar surface area (TPSA) is 92.2 Å². The Hall–Kier alpha value is -2.19. The van der Waals surface area contributed by atoms with Gasteiger partial charge in [-0.15, -0.1) is 0 Å². The molecule has 0 fully saturated rings. The molecule has 136 valence electrons. The molecule has 25 heavy (non-hydrogen) atoms. The van der Waals surface area contributed by atoms with Gasteiger partial charge >= 0.3 is 0 Å². The van der Waals surface area contributed by atoms with E-state index >= 15 is 0 Å². The third-order valence-corrected chi connectivity index (χ3v) is 4.80. The number of allylic oxidation sites excluding steroid dienone is 1. The number of ether oxygens (including phenoxy) is 3. The Bertz CT molecular complexity index is 715. The van der Waals surface area contributed by atoms with Gasteiger partial charge in [-0.3, -0.25) is 4.79 Å². The lowest BCUT2D eigenvalue weighted by molar-refractivity contribution is -0.121. The van der Waals surface area contributed by atoms with Crippen molar-refractivity contribution in [1.82, 2.24) is 5.43 Å². The van der Waals surface area contributed by atoms with Gasteiger partial charge < -0.3 is 18.8 Å². The molecule has 1 aromatic rings. The van der Waals surface area contributed by atoms with Crippen LogP contribution in [0.2, 0.25) is 0 Å². The van der Waals surface area contributed by atoms with Crippen molar-refractivity contribution in [2.75, 3.05) is 27.6 Å². The molecule has 1 amide bonds. The molecule has 1 aliphatic rings. The molecular formula is C17H22N2O5S. The zero-order chi connectivity index (χ0) is 18.6. The van der Waals surface area contributed by atoms with Crippen molar-refractivity contribution in [3.8, 4) is 17.2 Å². The monoisotopic (exact) mass is 366 g/mol. The first-order chi connectivity index (χ1) is 11.9. The van der Waals surface area contributed by atoms with E-state index in [0.717, 1.165) is 5.71 Å². The number of benzene rings is 1. The second kappa shape index (κ2) is 8.26. The number of nitrogens with zero attached hydrogens (tertiary/aromatic N) is 1. The molecule has 0 aliphatic carbocycles. The molecule has 0 aromatic heterocycles. The highest BCUT2D eigenvalue weighted by Gasteiger charge is 2.27. The van der Waals surface area contributed by atoms with Gasteiger partial charge in [-0.05, 0) is 29.4 Å². The van der Waals surface area contributed by atoms with Gasteiger partial charge in [-0.1, -0.05) is 6.92 Å². The molecule has 7 nitrogen and oxygen atoms in total. The lowest BCUT2D eigenvalue weighted by Gasteiger charge is -2.18. The molecule has 2 atom stereocenters. The van der Waals surface area contributed by atoms with Gasteiger partial charge in [-0.25, -0.2) is 5.43 Å². The van der Waals surface area contributed by atoms with E-state index in [1.54, 1.807) is 18.4 Å². The third-order valence-electron chi connectivity index (χ3n) is 3.84. The van der Waals surface area contributed by atoms with Crippen LogP contribution in [0.25, 0.3) is 6.08 Å². The van der Waals surface area contributed by atoms with Crippen LogP contribution in [0.5, 0.6) is 17.2 Å². The van der Waals surface area contributed by atoms with E-state index in [9.17, 15) is 9.35 Å². The van der Waals surface area contributed by atoms with Crippen molar-refractivity contribution < 1.29 is 23.6 Å². The zero-order valence-electron chi connectivity index (χ0n) is 14.9. The van der Waals surface area contributed by atoms with Crippen molar-refractivity contribution in [2.45, 2.75) is 18.2 Å². The molecule has 0 saturated heterocycles. The molecule has 8 heteroatoms. The lowest BCUT2D eigenvalue weighted by Crippen LogP contribution is -2.30. The predicted molar refractivity (Wildman–Crippen MR) is 96.8 cm³/mol. The zero-order valence-corrected chi connectivity index (χ0v) is 15.7. The smallest absolute Gasteiger partial charge is 0.240 e. The summed E-state index contributed by atoms with van der Waals surface area (Å²) in [5.74, 6) is 1.19. The second-order valence-corrected chi connectivity index (χ2v) is 6.84. The predicted octanol–water partition coefficient (Wildman–Crippen LogP) is 1.98. The minimum absolute atomic E-state index is 0.0159. The summed E-state index contributed by atoms with van der Waals surface area (Å²) in [7, 11) is 4.52. The molecule has 1 heterocycles. The summed E-state index contributed by atoms with van der Waals surface area (Å²) in [5.41, 5.74) is 3.92. The van der Waals surface area contributed by atoms with Crippen molar-refractivity contribution in [3.63, 3.8) is 0 Å². The maximum Gasteiger partial charge on any atom is 0.240 e. The Morgan fingerprint density at radius 2 is 1.92 bits per heavy atom. The number of carbonyl (C=O) groups is 1. The molecule has 1 aliphatic heterocycles. The number of hydrogen-bond donors (Lipinski definition) is 1. The highest BCUT2D eigenvalue weighted by molar-refractivity contribution is 7.91. The van der Waals surface area contributed by atoms with Gasteiger partial charge in [0.15, 0.2) is 11.5 Å². The van der Waals surface area contributed by atoms with Crippen LogP contribution in [0.3, 0.4) is 0 Å². The first-order valence-corrected chi connectivity index (χ1v) is 9.19. The average Bonchev–Trinajstić information content (AvgIpc) is 2.59. The Kier molecular flexibility index (Phi) is 6.33. The van der Waals surface area contributed by atoms with Crippen LogP contribution >= 0.6 is 0 Å². The van der Waals surface area contributed by atoms with E-state index in [1.165, 1.54) is 21.3 Å². The standard InChI is InChI=1S/C17H22N2O5S/c1-10-8-14(20)19-18-12(10)7-6-11-9-13(22-2)17(25(5)21)16(24-4)15(11)23-3/h6-7,9-10H,8H2,1-5H3,(H,19,20). The van der Waals surface area contributed by atoms with E-state index in [-0.39, 0.29) is 11.8 Å². The van der Waals surface area contributed by atoms with Gasteiger partial charge in [-0.2, -0.15) is 5.10 Å². The fourth-order valence-electron chi connectivity index (χ4n) is 2.60. The fraction of sp³-hybridized carbons (Fsp3) is 0.412. The van der Waals surface area contributed by atoms with E-state index < -0.39 is 11.2 Å². The Morgan fingerprint density at radius 1 is 1.24 bits per heavy atom. The van der Waals surface area contributed by atoms with Gasteiger partial charge in [0.2, 0.25) is 16.6 Å². The summed E-state index contributed by atoms with van der Waals surface area (Å²) in [4.78, 5) is 11.8. The van der Waals surface area contributed by atoms with Gasteiger partial charge in [0.1, 0.15) is 6.26 Å². The van der Waals surface area contributed by atoms with Crippen molar-refractivity contribution in [2.24, 2.45) is 11.0 Å². The number of hydrazone groups is 1. The molecule has 2 rings (SSSR count). The maximum absolute atomic E-state index is 12.1. The normalized spacial score (nSPS) is 18.6. The van der Waals surface area contributed by atoms with Crippen LogP contribution in [-0.4, -0.2) is 43.8 Å². The van der Waals surface area contributed by atoms with E-state index in [4.69, 9.17) is 14.2 Å². The minimum Gasteiger partial charge on any atom is -0.611 e. The Morgan fingerprint density at radius 3 is 2.44 bits per heavy atom. The Labute approximate surface area is 150 Å². The van der Waals surface area contributed by atoms with Gasteiger partial charge in [0, 0.05) is 17.9 Å². The Balaban J connectivity index is 2.50. The van der Waals surface area contributed by atoms with Crippen LogP contribution < -0.4 is 19.6 Å². The number of rotatable bonds is 6. The van der Waals surface area contributed by atoms with E-state index in [1.807, 2.05) is 13.0 Å². The first kappa shape index (κ1) is 19.1. The van der Waals surface area contributed by atoms with Gasteiger partial charge in [0.25, 0.3) is 0 Å². The van der Waals surface area contributed by atoms with Crippen molar-refractivity contribution in [3.05, 3.63) is 17.7 Å². The number of hydrogen-bond acceptors (Lipinski definition) is 6. The van der Waals surface area contributed by atoms with Crippen LogP contribution in [0.15, 0.2) is 22.1 Å². The molecule has 1 N–H and O–H groups in total. The van der Waals surface area contributed by atoms with Crippen molar-refractivity contribution in [1.29, 1.82) is 0 Å².